The zero-order chi connectivity index (χ0) is 24.9. The van der Waals surface area contributed by atoms with Crippen LogP contribution in [-0.2, 0) is 0 Å². The molecule has 0 saturated carbocycles. The van der Waals surface area contributed by atoms with E-state index in [2.05, 4.69) is 15.3 Å². The van der Waals surface area contributed by atoms with Gasteiger partial charge in [0, 0.05) is 36.9 Å². The molecule has 1 aromatic carbocycles. The number of hydrogen-bond acceptors (Lipinski definition) is 6. The first-order valence-corrected chi connectivity index (χ1v) is 11.9. The zero-order valence-electron chi connectivity index (χ0n) is 19.0. The van der Waals surface area contributed by atoms with E-state index in [0.717, 1.165) is 16.5 Å². The number of carbonyl (C=O) groups excluding carboxylic acids is 1. The molecule has 1 unspecified atom stereocenters. The van der Waals surface area contributed by atoms with E-state index in [-0.39, 0.29) is 42.8 Å². The number of piperidine rings is 1. The second-order valence-electron chi connectivity index (χ2n) is 8.81. The number of anilines is 2. The number of carbonyl (C=O) groups is 1. The van der Waals surface area contributed by atoms with Gasteiger partial charge in [-0.2, -0.15) is 0 Å². The number of aromatic nitrogens is 4. The Morgan fingerprint density at radius 3 is 2.57 bits per heavy atom. The number of pyridine rings is 1. The number of benzene rings is 1. The number of rotatable bonds is 5. The Hall–Kier alpha value is -3.04. The van der Waals surface area contributed by atoms with Crippen LogP contribution in [0.2, 0.25) is 10.3 Å². The standard InChI is InChI=1S/C24H22Cl2F2N6O/c1-13-9-15(14(2)29-17-3-4-19(25)30-18(17)12-35)21-16(10-13)22-31-20(26)11-34(22)23(32-21)33-7-5-24(27,28)6-8-33/h3-4,9-12,14,29H,5-8H2,1-2H3. The molecule has 0 amide bonds. The first-order valence-electron chi connectivity index (χ1n) is 11.1. The fraction of sp³-hybridized carbons (Fsp3) is 0.333. The predicted octanol–water partition coefficient (Wildman–Crippen LogP) is 6.11. The maximum absolute atomic E-state index is 13.8. The summed E-state index contributed by atoms with van der Waals surface area (Å²) in [5.74, 6) is -2.16. The molecule has 182 valence electrons. The summed E-state index contributed by atoms with van der Waals surface area (Å²) in [5.41, 5.74) is 3.86. The first kappa shape index (κ1) is 23.7. The predicted molar refractivity (Wildman–Crippen MR) is 133 cm³/mol. The van der Waals surface area contributed by atoms with Gasteiger partial charge in [0.2, 0.25) is 5.95 Å². The summed E-state index contributed by atoms with van der Waals surface area (Å²) < 4.78 is 29.4. The van der Waals surface area contributed by atoms with Crippen LogP contribution in [0.15, 0.2) is 30.5 Å². The minimum atomic E-state index is -2.68. The van der Waals surface area contributed by atoms with Crippen molar-refractivity contribution in [2.75, 3.05) is 23.3 Å². The summed E-state index contributed by atoms with van der Waals surface area (Å²) in [5, 5.41) is 4.63. The van der Waals surface area contributed by atoms with Crippen LogP contribution in [0.25, 0.3) is 16.6 Å². The van der Waals surface area contributed by atoms with Gasteiger partial charge in [0.05, 0.1) is 23.4 Å². The van der Waals surface area contributed by atoms with E-state index in [9.17, 15) is 13.6 Å². The molecule has 1 aliphatic rings. The smallest absolute Gasteiger partial charge is 0.251 e. The Balaban J connectivity index is 1.65. The van der Waals surface area contributed by atoms with Gasteiger partial charge in [0.25, 0.3) is 5.92 Å². The number of hydrogen-bond donors (Lipinski definition) is 1. The van der Waals surface area contributed by atoms with E-state index >= 15 is 0 Å². The fourth-order valence-corrected chi connectivity index (χ4v) is 4.84. The number of aryl methyl sites for hydroxylation is 1. The normalized spacial score (nSPS) is 16.6. The van der Waals surface area contributed by atoms with Gasteiger partial charge in [-0.15, -0.1) is 0 Å². The molecule has 1 atom stereocenters. The van der Waals surface area contributed by atoms with Gasteiger partial charge < -0.3 is 10.2 Å². The summed E-state index contributed by atoms with van der Waals surface area (Å²) in [4.78, 5) is 26.9. The van der Waals surface area contributed by atoms with Crippen LogP contribution in [0.3, 0.4) is 0 Å². The first-order chi connectivity index (χ1) is 16.6. The third-order valence-corrected chi connectivity index (χ3v) is 6.64. The molecule has 1 aliphatic heterocycles. The summed E-state index contributed by atoms with van der Waals surface area (Å²) in [6.45, 7) is 4.26. The largest absolute Gasteiger partial charge is 0.377 e. The van der Waals surface area contributed by atoms with Gasteiger partial charge in [-0.3, -0.25) is 9.20 Å². The molecule has 7 nitrogen and oxygen atoms in total. The van der Waals surface area contributed by atoms with Crippen molar-refractivity contribution >= 4 is 57.7 Å². The second kappa shape index (κ2) is 8.87. The number of halogens is 4. The van der Waals surface area contributed by atoms with Crippen LogP contribution in [0.4, 0.5) is 20.4 Å². The van der Waals surface area contributed by atoms with Crippen molar-refractivity contribution in [3.05, 3.63) is 57.6 Å². The van der Waals surface area contributed by atoms with Crippen molar-refractivity contribution in [2.24, 2.45) is 0 Å². The molecule has 3 aromatic heterocycles. The van der Waals surface area contributed by atoms with Crippen LogP contribution < -0.4 is 10.2 Å². The summed E-state index contributed by atoms with van der Waals surface area (Å²) in [6, 6.07) is 7.01. The topological polar surface area (TPSA) is 75.4 Å². The monoisotopic (exact) mass is 518 g/mol. The van der Waals surface area contributed by atoms with Crippen LogP contribution >= 0.6 is 23.2 Å². The van der Waals surface area contributed by atoms with Gasteiger partial charge in [0.15, 0.2) is 11.9 Å². The second-order valence-corrected chi connectivity index (χ2v) is 9.59. The average molecular weight is 519 g/mol. The number of nitrogens with zero attached hydrogens (tertiary/aromatic N) is 5. The lowest BCUT2D eigenvalue weighted by Gasteiger charge is -2.33. The molecule has 4 aromatic rings. The number of nitrogens with one attached hydrogen (secondary N) is 1. The molecule has 35 heavy (non-hydrogen) atoms. The Morgan fingerprint density at radius 2 is 1.86 bits per heavy atom. The van der Waals surface area contributed by atoms with Crippen LogP contribution in [-0.4, -0.2) is 44.7 Å². The zero-order valence-corrected chi connectivity index (χ0v) is 20.5. The van der Waals surface area contributed by atoms with Gasteiger partial charge in [-0.05, 0) is 37.6 Å². The Bertz CT molecular complexity index is 1450. The summed E-state index contributed by atoms with van der Waals surface area (Å²) >= 11 is 12.2. The van der Waals surface area contributed by atoms with Crippen molar-refractivity contribution < 1.29 is 13.6 Å². The van der Waals surface area contributed by atoms with Crippen molar-refractivity contribution in [2.45, 2.75) is 38.7 Å². The molecule has 5 rings (SSSR count). The molecule has 1 saturated heterocycles. The van der Waals surface area contributed by atoms with Crippen LogP contribution in [0.1, 0.15) is 47.4 Å². The lowest BCUT2D eigenvalue weighted by Crippen LogP contribution is -2.40. The van der Waals surface area contributed by atoms with Crippen molar-refractivity contribution in [1.82, 2.24) is 19.4 Å². The third kappa shape index (κ3) is 4.50. The van der Waals surface area contributed by atoms with Crippen molar-refractivity contribution in [3.8, 4) is 0 Å². The molecule has 0 aliphatic carbocycles. The molecular weight excluding hydrogens is 497 g/mol. The molecule has 0 spiro atoms. The van der Waals surface area contributed by atoms with E-state index in [1.54, 1.807) is 22.7 Å². The summed E-state index contributed by atoms with van der Waals surface area (Å²) in [7, 11) is 0. The maximum Gasteiger partial charge on any atom is 0.251 e. The van der Waals surface area contributed by atoms with Crippen LogP contribution in [0, 0.1) is 6.92 Å². The van der Waals surface area contributed by atoms with Gasteiger partial charge in [-0.1, -0.05) is 29.3 Å². The highest BCUT2D eigenvalue weighted by Gasteiger charge is 2.35. The Morgan fingerprint density at radius 1 is 1.11 bits per heavy atom. The SMILES string of the molecule is Cc1cc(C(C)Nc2ccc(Cl)nc2C=O)c2nc(N3CCC(F)(F)CC3)n3cc(Cl)nc3c2c1. The number of alkyl halides is 2. The van der Waals surface area contributed by atoms with E-state index in [1.165, 1.54) is 0 Å². The average Bonchev–Trinajstić information content (AvgIpc) is 3.21. The lowest BCUT2D eigenvalue weighted by atomic mass is 10.0. The van der Waals surface area contributed by atoms with Gasteiger partial charge >= 0.3 is 0 Å². The van der Waals surface area contributed by atoms with Crippen molar-refractivity contribution in [1.29, 1.82) is 0 Å². The molecule has 11 heteroatoms. The Kier molecular flexibility index (Phi) is 6.01. The fourth-order valence-electron chi connectivity index (χ4n) is 4.51. The quantitative estimate of drug-likeness (QED) is 0.253. The Labute approximate surface area is 210 Å². The highest BCUT2D eigenvalue weighted by atomic mass is 35.5. The van der Waals surface area contributed by atoms with Gasteiger partial charge in [-0.25, -0.2) is 23.7 Å². The third-order valence-electron chi connectivity index (χ3n) is 6.25. The van der Waals surface area contributed by atoms with E-state index in [4.69, 9.17) is 28.2 Å². The van der Waals surface area contributed by atoms with Gasteiger partial charge in [0.1, 0.15) is 16.0 Å². The van der Waals surface area contributed by atoms with Crippen LogP contribution in [0.5, 0.6) is 0 Å². The molecule has 1 fully saturated rings. The highest BCUT2D eigenvalue weighted by Crippen LogP contribution is 2.35. The molecule has 1 N–H and O–H groups in total. The summed E-state index contributed by atoms with van der Waals surface area (Å²) in [6.07, 6.45) is 1.82. The molecule has 0 radical (unpaired) electrons. The molecule has 0 bridgehead atoms. The lowest BCUT2D eigenvalue weighted by molar-refractivity contribution is -0.0222. The van der Waals surface area contributed by atoms with E-state index in [0.29, 0.717) is 34.2 Å². The van der Waals surface area contributed by atoms with Crippen molar-refractivity contribution in [3.63, 3.8) is 0 Å². The maximum atomic E-state index is 13.8. The molecule has 4 heterocycles. The van der Waals surface area contributed by atoms with E-state index in [1.807, 2.05) is 30.9 Å². The minimum absolute atomic E-state index is 0.171. The minimum Gasteiger partial charge on any atom is -0.377 e. The highest BCUT2D eigenvalue weighted by molar-refractivity contribution is 6.30. The number of imidazole rings is 1. The van der Waals surface area contributed by atoms with E-state index < -0.39 is 5.92 Å². The number of fused-ring (bicyclic) bond motifs is 3. The molecular formula is C24H22Cl2F2N6O. The number of aldehydes is 1.